The first-order valence-electron chi connectivity index (χ1n) is 1.66. The van der Waals surface area contributed by atoms with E-state index in [9.17, 15) is 0 Å². The number of hydrogen-bond donors (Lipinski definition) is 1. The zero-order valence-corrected chi connectivity index (χ0v) is 10.0. The summed E-state index contributed by atoms with van der Waals surface area (Å²) in [6.45, 7) is 0. The first-order valence-corrected chi connectivity index (χ1v) is 3.27. The summed E-state index contributed by atoms with van der Waals surface area (Å²) in [7, 11) is 0. The fourth-order valence-corrected chi connectivity index (χ4v) is 1.28. The van der Waals surface area contributed by atoms with Crippen molar-refractivity contribution in [3.63, 3.8) is 0 Å². The zero-order chi connectivity index (χ0) is 5.28. The smallest absolute Gasteiger partial charge is 0.181 e. The minimum atomic E-state index is 0. The predicted molar refractivity (Wildman–Crippen MR) is 54.9 cm³/mol. The molecule has 2 N–H and O–H groups in total. The van der Waals surface area contributed by atoms with Crippen molar-refractivity contribution in [3.8, 4) is 0 Å². The van der Waals surface area contributed by atoms with Crippen LogP contribution < -0.4 is 5.73 Å². The molecule has 0 saturated carbocycles. The Morgan fingerprint density at radius 3 is 2.22 bits per heavy atom. The average Bonchev–Trinajstić information content (AvgIpc) is 1.87. The lowest BCUT2D eigenvalue weighted by molar-refractivity contribution is 1.42. The number of nitrogens with two attached hydrogens (primary N) is 1. The van der Waals surface area contributed by atoms with Crippen LogP contribution in [0, 0.1) is 0 Å². The maximum Gasteiger partial charge on any atom is 0.181 e. The van der Waals surface area contributed by atoms with Gasteiger partial charge in [0, 0.05) is 0 Å². The van der Waals surface area contributed by atoms with E-state index in [-0.39, 0.29) is 34.0 Å². The summed E-state index contributed by atoms with van der Waals surface area (Å²) < 4.78 is 0.977. The summed E-state index contributed by atoms with van der Waals surface area (Å²) in [4.78, 5) is 3.77. The molecule has 0 fully saturated rings. The Hall–Kier alpha value is 0.870. The van der Waals surface area contributed by atoms with Gasteiger partial charge in [-0.1, -0.05) is 11.3 Å². The van der Waals surface area contributed by atoms with Crippen molar-refractivity contribution in [3.05, 3.63) is 9.98 Å². The Morgan fingerprint density at radius 1 is 1.56 bits per heavy atom. The normalized spacial score (nSPS) is 7.22. The van der Waals surface area contributed by atoms with Crippen LogP contribution in [0.2, 0.25) is 0 Å². The van der Waals surface area contributed by atoms with Crippen LogP contribution in [0.1, 0.15) is 0 Å². The number of hydrogen-bond acceptors (Lipinski definition) is 3. The highest BCUT2D eigenvalue weighted by Gasteiger charge is 1.88. The van der Waals surface area contributed by atoms with Gasteiger partial charge in [-0.2, -0.15) is 0 Å². The molecule has 54 valence electrons. The van der Waals surface area contributed by atoms with Crippen molar-refractivity contribution in [2.24, 2.45) is 0 Å². The molecular formula is C3H5Br3N2S. The molecule has 0 aliphatic rings. The van der Waals surface area contributed by atoms with Crippen LogP contribution in [0.4, 0.5) is 5.13 Å². The number of nitrogens with zero attached hydrogens (tertiary/aromatic N) is 1. The van der Waals surface area contributed by atoms with Gasteiger partial charge in [0.2, 0.25) is 0 Å². The van der Waals surface area contributed by atoms with Gasteiger partial charge >= 0.3 is 0 Å². The molecule has 2 nitrogen and oxygen atoms in total. The summed E-state index contributed by atoms with van der Waals surface area (Å²) in [6.07, 6.45) is 1.68. The van der Waals surface area contributed by atoms with Crippen molar-refractivity contribution in [1.29, 1.82) is 0 Å². The first kappa shape index (κ1) is 12.5. The van der Waals surface area contributed by atoms with Gasteiger partial charge in [-0.25, -0.2) is 4.98 Å². The highest BCUT2D eigenvalue weighted by Crippen LogP contribution is 2.19. The average molecular weight is 341 g/mol. The quantitative estimate of drug-likeness (QED) is 0.788. The summed E-state index contributed by atoms with van der Waals surface area (Å²) in [5.74, 6) is 0. The maximum absolute atomic E-state index is 5.26. The van der Waals surface area contributed by atoms with Gasteiger partial charge in [0.15, 0.2) is 5.13 Å². The molecule has 0 atom stereocenters. The van der Waals surface area contributed by atoms with Crippen molar-refractivity contribution in [2.45, 2.75) is 0 Å². The molecule has 6 heteroatoms. The lowest BCUT2D eigenvalue weighted by atomic mass is 11.0. The molecule has 1 heterocycles. The first-order chi connectivity index (χ1) is 3.29. The summed E-state index contributed by atoms with van der Waals surface area (Å²) in [6, 6.07) is 0. The fraction of sp³-hybridized carbons (Fsp3) is 0. The van der Waals surface area contributed by atoms with Crippen molar-refractivity contribution in [2.75, 3.05) is 5.73 Å². The molecule has 1 aromatic rings. The maximum atomic E-state index is 5.26. The number of halogens is 3. The van der Waals surface area contributed by atoms with Crippen LogP contribution in [0.5, 0.6) is 0 Å². The van der Waals surface area contributed by atoms with Crippen LogP contribution >= 0.6 is 61.2 Å². The molecule has 0 unspecified atom stereocenters. The minimum Gasteiger partial charge on any atom is -0.375 e. The van der Waals surface area contributed by atoms with Crippen LogP contribution in [-0.4, -0.2) is 4.98 Å². The number of nitrogen functional groups attached to an aromatic ring is 1. The lowest BCUT2D eigenvalue weighted by Crippen LogP contribution is -1.77. The largest absolute Gasteiger partial charge is 0.375 e. The van der Waals surface area contributed by atoms with Gasteiger partial charge in [0.05, 0.1) is 9.98 Å². The van der Waals surface area contributed by atoms with E-state index in [1.54, 1.807) is 6.20 Å². The Balaban J connectivity index is 0. The standard InChI is InChI=1S/C3H3BrN2S.2BrH/c4-2-1-6-3(5)7-2;;/h1H,(H2,5,6);2*1H. The fourth-order valence-electron chi connectivity index (χ4n) is 0.267. The van der Waals surface area contributed by atoms with E-state index < -0.39 is 0 Å². The SMILES string of the molecule is Br.Br.Nc1ncc(Br)s1. The molecule has 0 amide bonds. The minimum absolute atomic E-state index is 0. The predicted octanol–water partition coefficient (Wildman–Crippen LogP) is 2.64. The van der Waals surface area contributed by atoms with E-state index in [4.69, 9.17) is 5.73 Å². The molecule has 0 aromatic carbocycles. The second-order valence-electron chi connectivity index (χ2n) is 1.00. The Labute approximate surface area is 86.5 Å². The van der Waals surface area contributed by atoms with Crippen molar-refractivity contribution >= 4 is 66.4 Å². The van der Waals surface area contributed by atoms with E-state index in [1.807, 2.05) is 0 Å². The molecule has 1 aromatic heterocycles. The highest BCUT2D eigenvalue weighted by atomic mass is 79.9. The molecule has 0 spiro atoms. The van der Waals surface area contributed by atoms with Gasteiger partial charge in [-0.3, -0.25) is 0 Å². The number of aromatic nitrogens is 1. The van der Waals surface area contributed by atoms with E-state index in [0.29, 0.717) is 5.13 Å². The van der Waals surface area contributed by atoms with Gasteiger partial charge < -0.3 is 5.73 Å². The molecule has 0 aliphatic heterocycles. The Kier molecular flexibility index (Phi) is 7.86. The topological polar surface area (TPSA) is 38.9 Å². The molecule has 9 heavy (non-hydrogen) atoms. The van der Waals surface area contributed by atoms with Gasteiger partial charge in [0.1, 0.15) is 0 Å². The highest BCUT2D eigenvalue weighted by molar-refractivity contribution is 9.11. The third-order valence-electron chi connectivity index (χ3n) is 0.495. The van der Waals surface area contributed by atoms with E-state index in [0.717, 1.165) is 3.79 Å². The number of rotatable bonds is 0. The third-order valence-corrected chi connectivity index (χ3v) is 1.80. The number of thiazole rings is 1. The third kappa shape index (κ3) is 4.30. The molecule has 1 rings (SSSR count). The van der Waals surface area contributed by atoms with Gasteiger partial charge in [0.25, 0.3) is 0 Å². The van der Waals surface area contributed by atoms with Crippen molar-refractivity contribution < 1.29 is 0 Å². The molecule has 0 bridgehead atoms. The van der Waals surface area contributed by atoms with Crippen LogP contribution in [-0.2, 0) is 0 Å². The van der Waals surface area contributed by atoms with E-state index >= 15 is 0 Å². The van der Waals surface area contributed by atoms with Crippen molar-refractivity contribution in [1.82, 2.24) is 4.98 Å². The second-order valence-corrected chi connectivity index (χ2v) is 3.44. The van der Waals surface area contributed by atoms with Gasteiger partial charge in [-0.05, 0) is 15.9 Å². The van der Waals surface area contributed by atoms with E-state index in [1.165, 1.54) is 11.3 Å². The zero-order valence-electron chi connectivity index (χ0n) is 4.20. The Bertz CT molecular complexity index is 149. The lowest BCUT2D eigenvalue weighted by Gasteiger charge is -1.69. The van der Waals surface area contributed by atoms with Gasteiger partial charge in [-0.15, -0.1) is 34.0 Å². The van der Waals surface area contributed by atoms with Crippen LogP contribution in [0.3, 0.4) is 0 Å². The summed E-state index contributed by atoms with van der Waals surface area (Å²) in [5.41, 5.74) is 5.26. The van der Waals surface area contributed by atoms with Crippen LogP contribution in [0.25, 0.3) is 0 Å². The van der Waals surface area contributed by atoms with E-state index in [2.05, 4.69) is 20.9 Å². The Morgan fingerprint density at radius 2 is 2.11 bits per heavy atom. The second kappa shape index (κ2) is 5.64. The molecule has 0 saturated heterocycles. The number of anilines is 1. The molecule has 0 aliphatic carbocycles. The molecular weight excluding hydrogens is 336 g/mol. The van der Waals surface area contributed by atoms with Crippen LogP contribution in [0.15, 0.2) is 9.98 Å². The summed E-state index contributed by atoms with van der Waals surface area (Å²) in [5, 5.41) is 0.604. The monoisotopic (exact) mass is 338 g/mol. The summed E-state index contributed by atoms with van der Waals surface area (Å²) >= 11 is 4.63. The molecule has 0 radical (unpaired) electrons.